The lowest BCUT2D eigenvalue weighted by atomic mass is 10.1. The van der Waals surface area contributed by atoms with Gasteiger partial charge < -0.3 is 15.7 Å². The highest BCUT2D eigenvalue weighted by Gasteiger charge is 2.08. The Morgan fingerprint density at radius 3 is 2.48 bits per heavy atom. The van der Waals surface area contributed by atoms with Crippen LogP contribution >= 0.6 is 11.3 Å². The van der Waals surface area contributed by atoms with Gasteiger partial charge in [0, 0.05) is 28.8 Å². The average Bonchev–Trinajstić information content (AvgIpc) is 2.92. The number of carbonyl (C=O) groups excluding carboxylic acids is 1. The number of aryl methyl sites for hydroxylation is 1. The molecule has 0 bridgehead atoms. The van der Waals surface area contributed by atoms with Crippen molar-refractivity contribution in [3.63, 3.8) is 0 Å². The zero-order valence-corrected chi connectivity index (χ0v) is 14.5. The Labute approximate surface area is 141 Å². The zero-order valence-electron chi connectivity index (χ0n) is 13.6. The second kappa shape index (κ2) is 8.70. The van der Waals surface area contributed by atoms with E-state index in [2.05, 4.69) is 29.7 Å². The Morgan fingerprint density at radius 1 is 1.17 bits per heavy atom. The number of rotatable bonds is 7. The maximum atomic E-state index is 11.9. The van der Waals surface area contributed by atoms with E-state index in [0.29, 0.717) is 6.54 Å². The first-order valence-corrected chi connectivity index (χ1v) is 8.67. The first-order chi connectivity index (χ1) is 11.1. The van der Waals surface area contributed by atoms with Crippen molar-refractivity contribution in [2.24, 2.45) is 0 Å². The minimum absolute atomic E-state index is 0.0581. The Balaban J connectivity index is 1.67. The number of hydrogen-bond donors (Lipinski definition) is 3. The zero-order chi connectivity index (χ0) is 16.7. The van der Waals surface area contributed by atoms with Crippen LogP contribution in [0.25, 0.3) is 0 Å². The van der Waals surface area contributed by atoms with Gasteiger partial charge in [0.1, 0.15) is 0 Å². The van der Waals surface area contributed by atoms with E-state index in [0.717, 1.165) is 24.0 Å². The molecule has 2 aromatic rings. The van der Waals surface area contributed by atoms with Crippen molar-refractivity contribution >= 4 is 17.4 Å². The molecule has 3 N–H and O–H groups in total. The number of amides is 2. The van der Waals surface area contributed by atoms with Gasteiger partial charge in [-0.1, -0.05) is 24.3 Å². The molecule has 23 heavy (non-hydrogen) atoms. The quantitative estimate of drug-likeness (QED) is 0.730. The fourth-order valence-electron chi connectivity index (χ4n) is 2.35. The van der Waals surface area contributed by atoms with Gasteiger partial charge in [-0.25, -0.2) is 4.79 Å². The highest BCUT2D eigenvalue weighted by atomic mass is 32.1. The minimum atomic E-state index is -0.127. The number of hydrogen-bond acceptors (Lipinski definition) is 3. The molecular weight excluding hydrogens is 308 g/mol. The smallest absolute Gasteiger partial charge is 0.315 e. The molecule has 0 aliphatic carbocycles. The number of urea groups is 1. The van der Waals surface area contributed by atoms with Gasteiger partial charge in [-0.2, -0.15) is 0 Å². The minimum Gasteiger partial charge on any atom is -0.392 e. The molecule has 0 spiro atoms. The largest absolute Gasteiger partial charge is 0.392 e. The topological polar surface area (TPSA) is 61.4 Å². The van der Waals surface area contributed by atoms with E-state index >= 15 is 0 Å². The van der Waals surface area contributed by atoms with Gasteiger partial charge in [-0.3, -0.25) is 0 Å². The second-order valence-corrected chi connectivity index (χ2v) is 7.11. The van der Waals surface area contributed by atoms with Crippen molar-refractivity contribution < 1.29 is 9.90 Å². The first kappa shape index (κ1) is 17.5. The maximum absolute atomic E-state index is 11.9. The van der Waals surface area contributed by atoms with Gasteiger partial charge >= 0.3 is 6.03 Å². The summed E-state index contributed by atoms with van der Waals surface area (Å²) in [7, 11) is 0. The van der Waals surface area contributed by atoms with E-state index in [-0.39, 0.29) is 18.7 Å². The predicted octanol–water partition coefficient (Wildman–Crippen LogP) is 3.02. The van der Waals surface area contributed by atoms with Crippen molar-refractivity contribution in [3.8, 4) is 0 Å². The molecule has 0 aliphatic rings. The normalized spacial score (nSPS) is 12.0. The Morgan fingerprint density at radius 2 is 1.87 bits per heavy atom. The van der Waals surface area contributed by atoms with E-state index in [1.54, 1.807) is 11.3 Å². The van der Waals surface area contributed by atoms with Crippen LogP contribution in [0.1, 0.15) is 27.8 Å². The van der Waals surface area contributed by atoms with E-state index < -0.39 is 0 Å². The van der Waals surface area contributed by atoms with Crippen LogP contribution in [-0.4, -0.2) is 23.7 Å². The molecule has 0 aliphatic heterocycles. The molecular formula is C18H24N2O2S. The summed E-state index contributed by atoms with van der Waals surface area (Å²) < 4.78 is 0. The van der Waals surface area contributed by atoms with Crippen molar-refractivity contribution in [2.75, 3.05) is 6.54 Å². The Hall–Kier alpha value is -1.85. The Bertz CT molecular complexity index is 622. The molecule has 4 nitrogen and oxygen atoms in total. The molecule has 1 unspecified atom stereocenters. The molecule has 0 saturated carbocycles. The van der Waals surface area contributed by atoms with Gasteiger partial charge in [-0.05, 0) is 43.5 Å². The second-order valence-electron chi connectivity index (χ2n) is 5.74. The monoisotopic (exact) mass is 332 g/mol. The van der Waals surface area contributed by atoms with Gasteiger partial charge in [0.15, 0.2) is 0 Å². The van der Waals surface area contributed by atoms with Crippen molar-refractivity contribution in [1.29, 1.82) is 0 Å². The molecule has 1 aromatic carbocycles. The fourth-order valence-corrected chi connectivity index (χ4v) is 3.37. The summed E-state index contributed by atoms with van der Waals surface area (Å²) >= 11 is 1.77. The molecule has 1 atom stereocenters. The average molecular weight is 332 g/mol. The summed E-state index contributed by atoms with van der Waals surface area (Å²) in [6, 6.07) is 12.0. The lowest BCUT2D eigenvalue weighted by molar-refractivity contribution is 0.238. The molecule has 0 fully saturated rings. The Kier molecular flexibility index (Phi) is 6.62. The summed E-state index contributed by atoms with van der Waals surface area (Å²) in [6.07, 6.45) is 1.63. The highest BCUT2D eigenvalue weighted by molar-refractivity contribution is 7.11. The van der Waals surface area contributed by atoms with Crippen molar-refractivity contribution in [1.82, 2.24) is 10.6 Å². The number of carbonyl (C=O) groups is 1. The third kappa shape index (κ3) is 6.04. The molecule has 1 aromatic heterocycles. The van der Waals surface area contributed by atoms with E-state index in [1.807, 2.05) is 31.2 Å². The van der Waals surface area contributed by atoms with Crippen molar-refractivity contribution in [2.45, 2.75) is 39.3 Å². The third-order valence-corrected chi connectivity index (χ3v) is 4.61. The van der Waals surface area contributed by atoms with Crippen LogP contribution in [0.15, 0.2) is 36.4 Å². The summed E-state index contributed by atoms with van der Waals surface area (Å²) in [6.45, 7) is 4.76. The van der Waals surface area contributed by atoms with Crippen LogP contribution in [0.2, 0.25) is 0 Å². The van der Waals surface area contributed by atoms with Gasteiger partial charge in [0.2, 0.25) is 0 Å². The SMILES string of the molecule is Cc1ccc(CC(C)NC(=O)NCCc2ccc(CO)cc2)s1. The third-order valence-electron chi connectivity index (χ3n) is 3.59. The summed E-state index contributed by atoms with van der Waals surface area (Å²) in [4.78, 5) is 14.5. The van der Waals surface area contributed by atoms with Crippen LogP contribution in [0, 0.1) is 6.92 Å². The number of aliphatic hydroxyl groups is 1. The molecule has 2 amide bonds. The van der Waals surface area contributed by atoms with E-state index in [1.165, 1.54) is 9.75 Å². The van der Waals surface area contributed by atoms with Gasteiger partial charge in [-0.15, -0.1) is 11.3 Å². The molecule has 2 rings (SSSR count). The van der Waals surface area contributed by atoms with Crippen LogP contribution < -0.4 is 10.6 Å². The lowest BCUT2D eigenvalue weighted by Gasteiger charge is -2.14. The van der Waals surface area contributed by atoms with Crippen LogP contribution in [0.5, 0.6) is 0 Å². The highest BCUT2D eigenvalue weighted by Crippen LogP contribution is 2.16. The number of nitrogens with one attached hydrogen (secondary N) is 2. The van der Waals surface area contributed by atoms with E-state index in [4.69, 9.17) is 5.11 Å². The number of benzene rings is 1. The number of thiophene rings is 1. The fraction of sp³-hybridized carbons (Fsp3) is 0.389. The van der Waals surface area contributed by atoms with E-state index in [9.17, 15) is 4.79 Å². The van der Waals surface area contributed by atoms with Crippen molar-refractivity contribution in [3.05, 3.63) is 57.3 Å². The molecule has 1 heterocycles. The summed E-state index contributed by atoms with van der Waals surface area (Å²) in [5.74, 6) is 0. The molecule has 0 saturated heterocycles. The van der Waals surface area contributed by atoms with Crippen LogP contribution in [-0.2, 0) is 19.4 Å². The summed E-state index contributed by atoms with van der Waals surface area (Å²) in [5.41, 5.74) is 2.04. The van der Waals surface area contributed by atoms with Crippen LogP contribution in [0.3, 0.4) is 0 Å². The van der Waals surface area contributed by atoms with Gasteiger partial charge in [0.25, 0.3) is 0 Å². The lowest BCUT2D eigenvalue weighted by Crippen LogP contribution is -2.42. The maximum Gasteiger partial charge on any atom is 0.315 e. The predicted molar refractivity (Wildman–Crippen MR) is 94.8 cm³/mol. The molecule has 5 heteroatoms. The standard InChI is InChI=1S/C18H24N2O2S/c1-13(11-17-8-3-14(2)23-17)20-18(22)19-10-9-15-4-6-16(12-21)7-5-15/h3-8,13,21H,9-12H2,1-2H3,(H2,19,20,22). The van der Waals surface area contributed by atoms with Crippen LogP contribution in [0.4, 0.5) is 4.79 Å². The number of aliphatic hydroxyl groups excluding tert-OH is 1. The first-order valence-electron chi connectivity index (χ1n) is 7.85. The molecule has 0 radical (unpaired) electrons. The summed E-state index contributed by atoms with van der Waals surface area (Å²) in [5, 5.41) is 14.9. The molecule has 124 valence electrons. The van der Waals surface area contributed by atoms with Gasteiger partial charge in [0.05, 0.1) is 6.61 Å².